The standard InChI is InChI=1S/C26H54NO4P/c1-4-6-8-9-10-11-12-13-14-15-16-17-18-19-25-30-32(28,29)31-26-20-23-27(3,24-21-26)22-7-5-2/h26H,4-25H2,1-3H3. The molecule has 0 spiro atoms. The van der Waals surface area contributed by atoms with Gasteiger partial charge in [0.1, 0.15) is 0 Å². The summed E-state index contributed by atoms with van der Waals surface area (Å²) in [7, 11) is -1.89. The van der Waals surface area contributed by atoms with Crippen LogP contribution in [0.5, 0.6) is 0 Å². The van der Waals surface area contributed by atoms with Gasteiger partial charge in [-0.05, 0) is 12.8 Å². The molecule has 0 aromatic rings. The van der Waals surface area contributed by atoms with E-state index in [9.17, 15) is 9.46 Å². The Morgan fingerprint density at radius 1 is 0.750 bits per heavy atom. The number of phosphoric ester groups is 1. The number of likely N-dealkylation sites (tertiary alicyclic amines) is 1. The summed E-state index contributed by atoms with van der Waals surface area (Å²) in [5, 5.41) is 0. The van der Waals surface area contributed by atoms with Crippen molar-refractivity contribution in [1.82, 2.24) is 0 Å². The Morgan fingerprint density at radius 3 is 1.66 bits per heavy atom. The molecule has 5 nitrogen and oxygen atoms in total. The van der Waals surface area contributed by atoms with Crippen LogP contribution in [0.25, 0.3) is 0 Å². The highest BCUT2D eigenvalue weighted by Gasteiger charge is 2.31. The lowest BCUT2D eigenvalue weighted by Crippen LogP contribution is -2.51. The summed E-state index contributed by atoms with van der Waals surface area (Å²) in [5.74, 6) is 0. The molecular weight excluding hydrogens is 421 g/mol. The molecule has 32 heavy (non-hydrogen) atoms. The second kappa shape index (κ2) is 18.4. The Bertz CT molecular complexity index is 480. The summed E-state index contributed by atoms with van der Waals surface area (Å²) in [6.45, 7) is 7.90. The second-order valence-electron chi connectivity index (χ2n) is 10.3. The van der Waals surface area contributed by atoms with Crippen molar-refractivity contribution in [2.75, 3.05) is 33.3 Å². The van der Waals surface area contributed by atoms with Crippen LogP contribution in [-0.2, 0) is 13.6 Å². The van der Waals surface area contributed by atoms with E-state index in [0.29, 0.717) is 0 Å². The van der Waals surface area contributed by atoms with E-state index in [2.05, 4.69) is 20.9 Å². The average Bonchev–Trinajstić information content (AvgIpc) is 2.77. The van der Waals surface area contributed by atoms with Gasteiger partial charge in [0.15, 0.2) is 0 Å². The first kappa shape index (κ1) is 30.1. The normalized spacial score (nSPS) is 23.3. The van der Waals surface area contributed by atoms with Gasteiger partial charge in [-0.3, -0.25) is 4.57 Å². The first-order chi connectivity index (χ1) is 15.4. The Balaban J connectivity index is 1.93. The first-order valence-corrected chi connectivity index (χ1v) is 15.3. The minimum atomic E-state index is -4.17. The third-order valence-electron chi connectivity index (χ3n) is 7.06. The van der Waals surface area contributed by atoms with Crippen LogP contribution in [-0.4, -0.2) is 43.9 Å². The summed E-state index contributed by atoms with van der Waals surface area (Å²) >= 11 is 0. The van der Waals surface area contributed by atoms with Crippen molar-refractivity contribution in [3.8, 4) is 0 Å². The largest absolute Gasteiger partial charge is 0.756 e. The molecule has 1 heterocycles. The van der Waals surface area contributed by atoms with Gasteiger partial charge >= 0.3 is 0 Å². The molecule has 0 aromatic heterocycles. The number of quaternary nitrogens is 1. The lowest BCUT2D eigenvalue weighted by molar-refractivity contribution is -0.915. The van der Waals surface area contributed by atoms with Gasteiger partial charge in [-0.25, -0.2) is 0 Å². The minimum Gasteiger partial charge on any atom is -0.756 e. The zero-order valence-electron chi connectivity index (χ0n) is 21.7. The molecule has 192 valence electrons. The maximum Gasteiger partial charge on any atom is 0.268 e. The zero-order chi connectivity index (χ0) is 23.5. The van der Waals surface area contributed by atoms with E-state index in [1.807, 2.05) is 0 Å². The summed E-state index contributed by atoms with van der Waals surface area (Å²) in [6, 6.07) is 0. The van der Waals surface area contributed by atoms with Gasteiger partial charge in [0.25, 0.3) is 7.82 Å². The first-order valence-electron chi connectivity index (χ1n) is 13.9. The van der Waals surface area contributed by atoms with Crippen molar-refractivity contribution >= 4 is 7.82 Å². The molecule has 1 saturated heterocycles. The molecule has 0 bridgehead atoms. The van der Waals surface area contributed by atoms with Crippen LogP contribution >= 0.6 is 7.82 Å². The smallest absolute Gasteiger partial charge is 0.268 e. The van der Waals surface area contributed by atoms with Gasteiger partial charge in [0, 0.05) is 12.8 Å². The zero-order valence-corrected chi connectivity index (χ0v) is 22.6. The molecule has 0 aliphatic carbocycles. The predicted octanol–water partition coefficient (Wildman–Crippen LogP) is 7.38. The van der Waals surface area contributed by atoms with E-state index in [4.69, 9.17) is 9.05 Å². The van der Waals surface area contributed by atoms with Crippen LogP contribution in [0.1, 0.15) is 129 Å². The molecule has 0 aromatic carbocycles. The Kier molecular flexibility index (Phi) is 17.3. The third kappa shape index (κ3) is 15.8. The number of phosphoric acid groups is 1. The highest BCUT2D eigenvalue weighted by atomic mass is 31.2. The molecule has 0 saturated carbocycles. The molecule has 1 aliphatic heterocycles. The molecule has 0 radical (unpaired) electrons. The van der Waals surface area contributed by atoms with Gasteiger partial charge in [-0.2, -0.15) is 0 Å². The second-order valence-corrected chi connectivity index (χ2v) is 11.7. The highest BCUT2D eigenvalue weighted by molar-refractivity contribution is 7.45. The third-order valence-corrected chi connectivity index (χ3v) is 8.11. The molecule has 0 amide bonds. The van der Waals surface area contributed by atoms with Gasteiger partial charge in [-0.15, -0.1) is 0 Å². The van der Waals surface area contributed by atoms with Crippen molar-refractivity contribution < 1.29 is 23.0 Å². The van der Waals surface area contributed by atoms with E-state index < -0.39 is 7.82 Å². The SMILES string of the molecule is CCCCCCCCCCCCCCCCOP(=O)([O-])OC1CC[N+](C)(CCCC)CC1. The lowest BCUT2D eigenvalue weighted by Gasteiger charge is -2.41. The number of hydrogen-bond donors (Lipinski definition) is 0. The van der Waals surface area contributed by atoms with Crippen LogP contribution in [0.3, 0.4) is 0 Å². The molecule has 1 unspecified atom stereocenters. The number of nitrogens with zero attached hydrogens (tertiary/aromatic N) is 1. The summed E-state index contributed by atoms with van der Waals surface area (Å²) < 4.78 is 23.7. The molecule has 1 rings (SSSR count). The van der Waals surface area contributed by atoms with Crippen molar-refractivity contribution in [1.29, 1.82) is 0 Å². The van der Waals surface area contributed by atoms with Crippen LogP contribution in [0.15, 0.2) is 0 Å². The average molecular weight is 476 g/mol. The number of rotatable bonds is 21. The molecule has 1 aliphatic rings. The summed E-state index contributed by atoms with van der Waals surface area (Å²) in [5.41, 5.74) is 0. The van der Waals surface area contributed by atoms with E-state index in [1.165, 1.54) is 96.4 Å². The van der Waals surface area contributed by atoms with Crippen LogP contribution in [0.2, 0.25) is 0 Å². The van der Waals surface area contributed by atoms with Gasteiger partial charge < -0.3 is 18.4 Å². The molecule has 1 fully saturated rings. The van der Waals surface area contributed by atoms with E-state index >= 15 is 0 Å². The number of unbranched alkanes of at least 4 members (excludes halogenated alkanes) is 14. The van der Waals surface area contributed by atoms with Gasteiger partial charge in [-0.1, -0.05) is 104 Å². The fraction of sp³-hybridized carbons (Fsp3) is 1.00. The predicted molar refractivity (Wildman–Crippen MR) is 134 cm³/mol. The summed E-state index contributed by atoms with van der Waals surface area (Å²) in [6.07, 6.45) is 21.8. The van der Waals surface area contributed by atoms with Gasteiger partial charge in [0.2, 0.25) is 0 Å². The van der Waals surface area contributed by atoms with Crippen molar-refractivity contribution in [3.63, 3.8) is 0 Å². The Hall–Kier alpha value is 0.0700. The van der Waals surface area contributed by atoms with E-state index in [0.717, 1.165) is 43.3 Å². The minimum absolute atomic E-state index is 0.206. The molecular formula is C26H54NO4P. The molecule has 1 atom stereocenters. The van der Waals surface area contributed by atoms with E-state index in [-0.39, 0.29) is 12.7 Å². The lowest BCUT2D eigenvalue weighted by atomic mass is 10.0. The number of hydrogen-bond acceptors (Lipinski definition) is 4. The fourth-order valence-electron chi connectivity index (χ4n) is 4.72. The highest BCUT2D eigenvalue weighted by Crippen LogP contribution is 2.42. The number of piperidine rings is 1. The van der Waals surface area contributed by atoms with Gasteiger partial charge in [0.05, 0.1) is 39.4 Å². The topological polar surface area (TPSA) is 58.6 Å². The Morgan fingerprint density at radius 2 is 1.19 bits per heavy atom. The maximum absolute atomic E-state index is 12.1. The molecule has 0 N–H and O–H groups in total. The quantitative estimate of drug-likeness (QED) is 0.0987. The molecule has 6 heteroatoms. The van der Waals surface area contributed by atoms with Crippen molar-refractivity contribution in [2.24, 2.45) is 0 Å². The monoisotopic (exact) mass is 475 g/mol. The van der Waals surface area contributed by atoms with Crippen LogP contribution in [0.4, 0.5) is 0 Å². The van der Waals surface area contributed by atoms with Crippen LogP contribution in [0, 0.1) is 0 Å². The van der Waals surface area contributed by atoms with Crippen molar-refractivity contribution in [2.45, 2.75) is 136 Å². The Labute approximate surface area is 199 Å². The maximum atomic E-state index is 12.1. The van der Waals surface area contributed by atoms with E-state index in [1.54, 1.807) is 0 Å². The van der Waals surface area contributed by atoms with Crippen LogP contribution < -0.4 is 4.89 Å². The summed E-state index contributed by atoms with van der Waals surface area (Å²) in [4.78, 5) is 12.1. The fourth-order valence-corrected chi connectivity index (χ4v) is 5.71. The van der Waals surface area contributed by atoms with Crippen molar-refractivity contribution in [3.05, 3.63) is 0 Å².